The molecule has 0 N–H and O–H groups in total. The molecule has 0 aromatic heterocycles. The van der Waals surface area contributed by atoms with Gasteiger partial charge in [-0.05, 0) is 30.9 Å². The number of nitrogens with zero attached hydrogens (tertiary/aromatic N) is 1. The quantitative estimate of drug-likeness (QED) is 0.832. The van der Waals surface area contributed by atoms with Crippen molar-refractivity contribution < 1.29 is 17.9 Å². The molecule has 2 saturated heterocycles. The predicted molar refractivity (Wildman–Crippen MR) is 88.0 cm³/mol. The van der Waals surface area contributed by atoms with Crippen molar-refractivity contribution in [2.75, 3.05) is 24.7 Å². The first kappa shape index (κ1) is 16.5. The molecule has 3 rings (SSSR count). The number of aryl methyl sites for hydroxylation is 2. The van der Waals surface area contributed by atoms with Gasteiger partial charge in [-0.15, -0.1) is 0 Å². The number of sulfone groups is 1. The Hall–Kier alpha value is -1.40. The van der Waals surface area contributed by atoms with Crippen LogP contribution in [-0.4, -0.2) is 56.0 Å². The molecule has 0 spiro atoms. The van der Waals surface area contributed by atoms with Crippen molar-refractivity contribution in [2.45, 2.75) is 38.3 Å². The number of hydrogen-bond donors (Lipinski definition) is 0. The summed E-state index contributed by atoms with van der Waals surface area (Å²) >= 11 is 0. The number of hydrogen-bond acceptors (Lipinski definition) is 4. The highest BCUT2D eigenvalue weighted by Gasteiger charge is 2.45. The number of rotatable bonds is 4. The summed E-state index contributed by atoms with van der Waals surface area (Å²) in [6.07, 6.45) is 1.77. The zero-order chi connectivity index (χ0) is 16.4. The molecule has 0 aliphatic carbocycles. The van der Waals surface area contributed by atoms with Crippen LogP contribution < -0.4 is 0 Å². The molecule has 0 radical (unpaired) electrons. The molecule has 2 aliphatic heterocycles. The molecule has 126 valence electrons. The van der Waals surface area contributed by atoms with E-state index in [1.807, 2.05) is 12.1 Å². The van der Waals surface area contributed by atoms with E-state index in [4.69, 9.17) is 4.74 Å². The maximum absolute atomic E-state index is 12.5. The van der Waals surface area contributed by atoms with Crippen LogP contribution in [0.5, 0.6) is 0 Å². The normalized spacial score (nSPS) is 26.0. The minimum absolute atomic E-state index is 0.0429. The maximum Gasteiger partial charge on any atom is 0.223 e. The molecular formula is C17H23NO4S. The fourth-order valence-corrected chi connectivity index (χ4v) is 5.36. The molecular weight excluding hydrogens is 314 g/mol. The Morgan fingerprint density at radius 2 is 2.09 bits per heavy atom. The van der Waals surface area contributed by atoms with Gasteiger partial charge in [-0.25, -0.2) is 8.42 Å². The average molecular weight is 337 g/mol. The average Bonchev–Trinajstić information content (AvgIpc) is 2.82. The van der Waals surface area contributed by atoms with E-state index in [0.29, 0.717) is 19.6 Å². The first-order valence-electron chi connectivity index (χ1n) is 8.12. The van der Waals surface area contributed by atoms with E-state index in [0.717, 1.165) is 12.8 Å². The molecule has 2 heterocycles. The molecule has 2 unspecified atom stereocenters. The third-order valence-corrected chi connectivity index (χ3v) is 6.44. The van der Waals surface area contributed by atoms with Gasteiger partial charge in [-0.1, -0.05) is 24.3 Å². The highest BCUT2D eigenvalue weighted by Crippen LogP contribution is 2.25. The number of amides is 1. The number of carbonyl (C=O) groups is 1. The predicted octanol–water partition coefficient (Wildman–Crippen LogP) is 1.34. The van der Waals surface area contributed by atoms with E-state index in [-0.39, 0.29) is 29.6 Å². The third kappa shape index (κ3) is 3.75. The topological polar surface area (TPSA) is 63.7 Å². The first-order chi connectivity index (χ1) is 11.0. The van der Waals surface area contributed by atoms with Gasteiger partial charge in [-0.3, -0.25) is 4.79 Å². The Balaban J connectivity index is 1.57. The maximum atomic E-state index is 12.5. The van der Waals surface area contributed by atoms with E-state index >= 15 is 0 Å². The van der Waals surface area contributed by atoms with Gasteiger partial charge in [0.05, 0.1) is 30.3 Å². The number of ether oxygens (including phenoxy) is 1. The summed E-state index contributed by atoms with van der Waals surface area (Å²) in [5, 5.41) is 0. The van der Waals surface area contributed by atoms with Gasteiger partial charge in [-0.2, -0.15) is 0 Å². The zero-order valence-corrected chi connectivity index (χ0v) is 14.2. The lowest BCUT2D eigenvalue weighted by molar-refractivity contribution is -0.142. The minimum atomic E-state index is -3.08. The van der Waals surface area contributed by atoms with Crippen molar-refractivity contribution in [3.8, 4) is 0 Å². The zero-order valence-electron chi connectivity index (χ0n) is 13.4. The second-order valence-electron chi connectivity index (χ2n) is 6.42. The van der Waals surface area contributed by atoms with Crippen LogP contribution in [-0.2, 0) is 25.8 Å². The van der Waals surface area contributed by atoms with Gasteiger partial charge in [0.1, 0.15) is 0 Å². The van der Waals surface area contributed by atoms with Crippen LogP contribution in [0.4, 0.5) is 0 Å². The standard InChI is InChI=1S/C17H23NO4S/c1-13-5-2-3-6-14(13)7-4-8-17(19)18-9-10-22-16-12-23(20,21)11-15(16)18/h2-3,5-6,15-16H,4,7-12H2,1H3. The summed E-state index contributed by atoms with van der Waals surface area (Å²) in [5.41, 5.74) is 2.51. The molecule has 6 heteroatoms. The molecule has 1 aromatic carbocycles. The van der Waals surface area contributed by atoms with Gasteiger partial charge in [0.2, 0.25) is 5.91 Å². The Bertz CT molecular complexity index is 686. The summed E-state index contributed by atoms with van der Waals surface area (Å²) < 4.78 is 29.1. The van der Waals surface area contributed by atoms with Gasteiger partial charge in [0, 0.05) is 13.0 Å². The van der Waals surface area contributed by atoms with Crippen LogP contribution in [0.3, 0.4) is 0 Å². The molecule has 2 fully saturated rings. The van der Waals surface area contributed by atoms with Crippen molar-refractivity contribution >= 4 is 15.7 Å². The number of morpholine rings is 1. The van der Waals surface area contributed by atoms with Crippen molar-refractivity contribution in [3.05, 3.63) is 35.4 Å². The van der Waals surface area contributed by atoms with Gasteiger partial charge in [0.15, 0.2) is 9.84 Å². The molecule has 23 heavy (non-hydrogen) atoms. The Morgan fingerprint density at radius 1 is 1.30 bits per heavy atom. The van der Waals surface area contributed by atoms with Gasteiger partial charge in [0.25, 0.3) is 0 Å². The van der Waals surface area contributed by atoms with Crippen LogP contribution in [0.25, 0.3) is 0 Å². The van der Waals surface area contributed by atoms with E-state index in [9.17, 15) is 13.2 Å². The van der Waals surface area contributed by atoms with Crippen LogP contribution in [0.15, 0.2) is 24.3 Å². The molecule has 2 aliphatic rings. The fraction of sp³-hybridized carbons (Fsp3) is 0.588. The van der Waals surface area contributed by atoms with E-state index in [1.165, 1.54) is 11.1 Å². The van der Waals surface area contributed by atoms with Crippen LogP contribution in [0.1, 0.15) is 24.0 Å². The number of benzene rings is 1. The lowest BCUT2D eigenvalue weighted by atomic mass is 10.0. The van der Waals surface area contributed by atoms with E-state index in [1.54, 1.807) is 4.90 Å². The number of carbonyl (C=O) groups excluding carboxylic acids is 1. The summed E-state index contributed by atoms with van der Waals surface area (Å²) in [6, 6.07) is 7.90. The Labute approximate surface area is 137 Å². The van der Waals surface area contributed by atoms with Crippen molar-refractivity contribution in [3.63, 3.8) is 0 Å². The van der Waals surface area contributed by atoms with Gasteiger partial charge >= 0.3 is 0 Å². The highest BCUT2D eigenvalue weighted by molar-refractivity contribution is 7.91. The summed E-state index contributed by atoms with van der Waals surface area (Å²) in [4.78, 5) is 14.2. The second kappa shape index (κ2) is 6.61. The fourth-order valence-electron chi connectivity index (χ4n) is 3.49. The number of fused-ring (bicyclic) bond motifs is 1. The van der Waals surface area contributed by atoms with Crippen LogP contribution in [0.2, 0.25) is 0 Å². The lowest BCUT2D eigenvalue weighted by Gasteiger charge is -2.36. The summed E-state index contributed by atoms with van der Waals surface area (Å²) in [5.74, 6) is 0.139. The SMILES string of the molecule is Cc1ccccc1CCCC(=O)N1CCOC2CS(=O)(=O)CC21. The Morgan fingerprint density at radius 3 is 2.87 bits per heavy atom. The van der Waals surface area contributed by atoms with E-state index in [2.05, 4.69) is 19.1 Å². The highest BCUT2D eigenvalue weighted by atomic mass is 32.2. The van der Waals surface area contributed by atoms with E-state index < -0.39 is 9.84 Å². The molecule has 0 bridgehead atoms. The van der Waals surface area contributed by atoms with Crippen molar-refractivity contribution in [1.82, 2.24) is 4.90 Å². The van der Waals surface area contributed by atoms with Crippen molar-refractivity contribution in [1.29, 1.82) is 0 Å². The minimum Gasteiger partial charge on any atom is -0.373 e. The summed E-state index contributed by atoms with van der Waals surface area (Å²) in [6.45, 7) is 3.01. The van der Waals surface area contributed by atoms with Gasteiger partial charge < -0.3 is 9.64 Å². The molecule has 1 amide bonds. The molecule has 2 atom stereocenters. The first-order valence-corrected chi connectivity index (χ1v) is 9.94. The molecule has 0 saturated carbocycles. The smallest absolute Gasteiger partial charge is 0.223 e. The molecule has 5 nitrogen and oxygen atoms in total. The van der Waals surface area contributed by atoms with Crippen LogP contribution >= 0.6 is 0 Å². The second-order valence-corrected chi connectivity index (χ2v) is 8.57. The van der Waals surface area contributed by atoms with Crippen molar-refractivity contribution in [2.24, 2.45) is 0 Å². The third-order valence-electron chi connectivity index (χ3n) is 4.75. The molecule has 1 aromatic rings. The Kier molecular flexibility index (Phi) is 4.73. The lowest BCUT2D eigenvalue weighted by Crippen LogP contribution is -2.53. The van der Waals surface area contributed by atoms with Crippen LogP contribution in [0, 0.1) is 6.92 Å². The monoisotopic (exact) mass is 337 g/mol. The summed E-state index contributed by atoms with van der Waals surface area (Å²) in [7, 11) is -3.08. The largest absolute Gasteiger partial charge is 0.373 e.